The van der Waals surface area contributed by atoms with Gasteiger partial charge in [0.1, 0.15) is 11.6 Å². The van der Waals surface area contributed by atoms with Crippen molar-refractivity contribution in [2.45, 2.75) is 51.8 Å². The fourth-order valence-electron chi connectivity index (χ4n) is 2.00. The van der Waals surface area contributed by atoms with Gasteiger partial charge < -0.3 is 15.8 Å². The van der Waals surface area contributed by atoms with E-state index >= 15 is 0 Å². The van der Waals surface area contributed by atoms with Crippen molar-refractivity contribution >= 4 is 23.6 Å². The van der Waals surface area contributed by atoms with Crippen molar-refractivity contribution < 1.29 is 24.0 Å². The number of carbonyl (C=O) groups excluding carboxylic acids is 3. The average molecular weight is 380 g/mol. The minimum Gasteiger partial charge on any atom is -0.444 e. The van der Waals surface area contributed by atoms with Gasteiger partial charge in [-0.05, 0) is 39.7 Å². The number of ether oxygens (including phenoxy) is 1. The average Bonchev–Trinajstić information content (AvgIpc) is 2.53. The number of nitro groups is 1. The Morgan fingerprint density at radius 1 is 1.19 bits per heavy atom. The van der Waals surface area contributed by atoms with Gasteiger partial charge in [-0.2, -0.15) is 0 Å². The molecule has 3 amide bonds. The fraction of sp³-hybridized carbons (Fsp3) is 0.471. The summed E-state index contributed by atoms with van der Waals surface area (Å²) in [6.07, 6.45) is -0.784. The molecule has 0 unspecified atom stereocenters. The molecule has 0 aliphatic carbocycles. The van der Waals surface area contributed by atoms with Crippen molar-refractivity contribution in [2.75, 3.05) is 0 Å². The van der Waals surface area contributed by atoms with E-state index in [2.05, 4.69) is 5.32 Å². The van der Waals surface area contributed by atoms with Crippen LogP contribution in [0.25, 0.3) is 0 Å². The quantitative estimate of drug-likeness (QED) is 0.492. The molecule has 0 aliphatic rings. The highest BCUT2D eigenvalue weighted by molar-refractivity contribution is 5.97. The first-order valence-electron chi connectivity index (χ1n) is 8.22. The van der Waals surface area contributed by atoms with E-state index in [1.54, 1.807) is 20.8 Å². The number of rotatable bonds is 6. The van der Waals surface area contributed by atoms with Gasteiger partial charge in [0.15, 0.2) is 0 Å². The minimum absolute atomic E-state index is 0.0655. The Hall–Kier alpha value is -3.01. The third kappa shape index (κ3) is 7.82. The molecular formula is C17H24N4O6. The van der Waals surface area contributed by atoms with Crippen LogP contribution in [-0.4, -0.2) is 40.5 Å². The number of alkyl carbamates (subject to hydrolysis) is 1. The second-order valence-corrected chi connectivity index (χ2v) is 6.96. The molecule has 10 heteroatoms. The summed E-state index contributed by atoms with van der Waals surface area (Å²) in [4.78, 5) is 45.7. The lowest BCUT2D eigenvalue weighted by Gasteiger charge is -2.21. The van der Waals surface area contributed by atoms with Crippen LogP contribution in [0.2, 0.25) is 0 Å². The Balaban J connectivity index is 2.54. The monoisotopic (exact) mass is 380 g/mol. The molecule has 1 aromatic rings. The zero-order valence-corrected chi connectivity index (χ0v) is 15.6. The van der Waals surface area contributed by atoms with E-state index in [4.69, 9.17) is 10.5 Å². The summed E-state index contributed by atoms with van der Waals surface area (Å²) in [5, 5.41) is 15.1. The number of carbonyl (C=O) groups is 3. The zero-order valence-electron chi connectivity index (χ0n) is 15.6. The third-order valence-electron chi connectivity index (χ3n) is 3.32. The second kappa shape index (κ2) is 9.08. The minimum atomic E-state index is -1.01. The normalized spacial score (nSPS) is 13.2. The summed E-state index contributed by atoms with van der Waals surface area (Å²) in [5.74, 6) is -1.33. The number of benzene rings is 1. The van der Waals surface area contributed by atoms with Crippen LogP contribution >= 0.6 is 0 Å². The molecule has 27 heavy (non-hydrogen) atoms. The van der Waals surface area contributed by atoms with Crippen molar-refractivity contribution in [1.82, 2.24) is 10.6 Å². The number of imide groups is 1. The molecule has 0 heterocycles. The number of hydrogen-bond donors (Lipinski definition) is 3. The Kier molecular flexibility index (Phi) is 7.41. The van der Waals surface area contributed by atoms with Crippen LogP contribution in [0.5, 0.6) is 0 Å². The van der Waals surface area contributed by atoms with Gasteiger partial charge in [0.05, 0.1) is 11.0 Å². The lowest BCUT2D eigenvalue weighted by Crippen LogP contribution is -2.52. The van der Waals surface area contributed by atoms with Gasteiger partial charge in [0.25, 0.3) is 11.6 Å². The first-order valence-corrected chi connectivity index (χ1v) is 8.22. The second-order valence-electron chi connectivity index (χ2n) is 6.96. The lowest BCUT2D eigenvalue weighted by molar-refractivity contribution is -0.384. The van der Waals surface area contributed by atoms with Gasteiger partial charge >= 0.3 is 6.09 Å². The molecule has 2 atom stereocenters. The van der Waals surface area contributed by atoms with E-state index in [0.717, 1.165) is 0 Å². The summed E-state index contributed by atoms with van der Waals surface area (Å²) in [6.45, 7) is 6.36. The number of nitrogens with zero attached hydrogens (tertiary/aromatic N) is 1. The molecule has 0 aromatic heterocycles. The molecule has 0 aliphatic heterocycles. The number of hydrogen-bond acceptors (Lipinski definition) is 7. The number of non-ortho nitro benzene ring substituents is 1. The van der Waals surface area contributed by atoms with E-state index < -0.39 is 40.5 Å². The van der Waals surface area contributed by atoms with Gasteiger partial charge in [0, 0.05) is 12.1 Å². The van der Waals surface area contributed by atoms with E-state index in [0.29, 0.717) is 5.56 Å². The molecule has 148 valence electrons. The van der Waals surface area contributed by atoms with E-state index in [9.17, 15) is 24.5 Å². The first kappa shape index (κ1) is 22.0. The number of nitro benzene ring substituents is 1. The summed E-state index contributed by atoms with van der Waals surface area (Å²) in [6, 6.07) is 3.66. The van der Waals surface area contributed by atoms with Crippen LogP contribution in [0.1, 0.15) is 33.3 Å². The van der Waals surface area contributed by atoms with Crippen LogP contribution in [0, 0.1) is 10.1 Å². The Morgan fingerprint density at radius 3 is 2.22 bits per heavy atom. The molecule has 0 radical (unpaired) electrons. The van der Waals surface area contributed by atoms with Crippen molar-refractivity contribution in [3.8, 4) is 0 Å². The van der Waals surface area contributed by atoms with Gasteiger partial charge in [-0.3, -0.25) is 25.0 Å². The summed E-state index contributed by atoms with van der Waals surface area (Å²) in [7, 11) is 0. The van der Waals surface area contributed by atoms with Crippen molar-refractivity contribution in [1.29, 1.82) is 0 Å². The lowest BCUT2D eigenvalue weighted by atomic mass is 10.1. The number of nitrogens with one attached hydrogen (secondary N) is 2. The maximum Gasteiger partial charge on any atom is 0.414 e. The molecular weight excluding hydrogens is 356 g/mol. The molecule has 10 nitrogen and oxygen atoms in total. The van der Waals surface area contributed by atoms with Crippen molar-refractivity contribution in [3.05, 3.63) is 39.9 Å². The first-order chi connectivity index (χ1) is 12.4. The Morgan fingerprint density at radius 2 is 1.74 bits per heavy atom. The molecule has 0 saturated carbocycles. The van der Waals surface area contributed by atoms with E-state index in [1.807, 2.05) is 5.32 Å². The van der Waals surface area contributed by atoms with Crippen molar-refractivity contribution in [3.63, 3.8) is 0 Å². The molecule has 1 rings (SSSR count). The van der Waals surface area contributed by atoms with Crippen LogP contribution in [0.4, 0.5) is 10.5 Å². The van der Waals surface area contributed by atoms with Gasteiger partial charge in [-0.1, -0.05) is 12.1 Å². The molecule has 0 saturated heterocycles. The SMILES string of the molecule is C[C@H](NC(=O)[C@@H](N)Cc1ccc([N+](=O)[O-])cc1)C(=O)NC(=O)OC(C)(C)C. The summed E-state index contributed by atoms with van der Waals surface area (Å²) >= 11 is 0. The molecule has 0 spiro atoms. The predicted molar refractivity (Wildman–Crippen MR) is 96.8 cm³/mol. The van der Waals surface area contributed by atoms with Crippen LogP contribution in [0.3, 0.4) is 0 Å². The smallest absolute Gasteiger partial charge is 0.414 e. The molecule has 4 N–H and O–H groups in total. The summed E-state index contributed by atoms with van der Waals surface area (Å²) < 4.78 is 4.96. The van der Waals surface area contributed by atoms with E-state index in [1.165, 1.54) is 31.2 Å². The van der Waals surface area contributed by atoms with Crippen LogP contribution in [0.15, 0.2) is 24.3 Å². The largest absolute Gasteiger partial charge is 0.444 e. The highest BCUT2D eigenvalue weighted by atomic mass is 16.6. The fourth-order valence-corrected chi connectivity index (χ4v) is 2.00. The Labute approximate surface area is 156 Å². The maximum atomic E-state index is 12.1. The standard InChI is InChI=1S/C17H24N4O6/c1-10(14(22)20-16(24)27-17(2,3)4)19-15(23)13(18)9-11-5-7-12(8-6-11)21(25)26/h5-8,10,13H,9,18H2,1-4H3,(H,19,23)(H,20,22,24)/t10-,13-/m0/s1. The van der Waals surface area contributed by atoms with Gasteiger partial charge in [-0.15, -0.1) is 0 Å². The Bertz CT molecular complexity index is 711. The zero-order chi connectivity index (χ0) is 20.8. The molecule has 1 aromatic carbocycles. The topological polar surface area (TPSA) is 154 Å². The highest BCUT2D eigenvalue weighted by Gasteiger charge is 2.24. The number of nitrogens with two attached hydrogens (primary N) is 1. The van der Waals surface area contributed by atoms with Crippen molar-refractivity contribution in [2.24, 2.45) is 5.73 Å². The maximum absolute atomic E-state index is 12.1. The van der Waals surface area contributed by atoms with Crippen LogP contribution < -0.4 is 16.4 Å². The van der Waals surface area contributed by atoms with Gasteiger partial charge in [-0.25, -0.2) is 4.79 Å². The molecule has 0 bridgehead atoms. The number of amides is 3. The highest BCUT2D eigenvalue weighted by Crippen LogP contribution is 2.13. The predicted octanol–water partition coefficient (Wildman–Crippen LogP) is 1.02. The summed E-state index contributed by atoms with van der Waals surface area (Å²) in [5.41, 5.74) is 5.62. The molecule has 0 fully saturated rings. The van der Waals surface area contributed by atoms with Crippen LogP contribution in [-0.2, 0) is 20.7 Å². The van der Waals surface area contributed by atoms with Gasteiger partial charge in [0.2, 0.25) is 5.91 Å². The third-order valence-corrected chi connectivity index (χ3v) is 3.32. The van der Waals surface area contributed by atoms with E-state index in [-0.39, 0.29) is 12.1 Å².